The van der Waals surface area contributed by atoms with Crippen LogP contribution in [0.3, 0.4) is 0 Å². The molecule has 0 aromatic heterocycles. The first-order chi connectivity index (χ1) is 10.1. The first-order valence-electron chi connectivity index (χ1n) is 7.28. The van der Waals surface area contributed by atoms with Crippen LogP contribution in [0.4, 0.5) is 0 Å². The smallest absolute Gasteiger partial charge is 0.216 e. The fourth-order valence-electron chi connectivity index (χ4n) is 3.33. The fourth-order valence-corrected chi connectivity index (χ4v) is 4.80. The number of sulfonamides is 1. The Labute approximate surface area is 125 Å². The average molecular weight is 305 g/mol. The van der Waals surface area contributed by atoms with E-state index in [-0.39, 0.29) is 11.8 Å². The summed E-state index contributed by atoms with van der Waals surface area (Å²) < 4.78 is 27.6. The van der Waals surface area contributed by atoms with E-state index in [4.69, 9.17) is 5.26 Å². The third-order valence-corrected chi connectivity index (χ3v) is 5.82. The summed E-state index contributed by atoms with van der Waals surface area (Å²) in [4.78, 5) is 2.32. The van der Waals surface area contributed by atoms with Gasteiger partial charge in [0.1, 0.15) is 0 Å². The van der Waals surface area contributed by atoms with Gasteiger partial charge in [-0.25, -0.2) is 13.1 Å². The predicted octanol–water partition coefficient (Wildman–Crippen LogP) is 1.07. The molecule has 5 nitrogen and oxygen atoms in total. The van der Waals surface area contributed by atoms with E-state index < -0.39 is 10.0 Å². The van der Waals surface area contributed by atoms with Crippen molar-refractivity contribution in [2.45, 2.75) is 24.6 Å². The summed E-state index contributed by atoms with van der Waals surface area (Å²) in [5, 5.41) is 9.05. The molecule has 6 heteroatoms. The van der Waals surface area contributed by atoms with Crippen molar-refractivity contribution in [1.29, 1.82) is 5.26 Å². The topological polar surface area (TPSA) is 73.2 Å². The van der Waals surface area contributed by atoms with Crippen molar-refractivity contribution in [1.82, 2.24) is 9.62 Å². The van der Waals surface area contributed by atoms with Gasteiger partial charge >= 0.3 is 0 Å². The lowest BCUT2D eigenvalue weighted by atomic mass is 9.85. The molecule has 3 heterocycles. The molecule has 0 spiro atoms. The van der Waals surface area contributed by atoms with Crippen molar-refractivity contribution < 1.29 is 8.42 Å². The SMILES string of the molecule is N#Cc1ccccc1CS(=O)(=O)NC1CN2CCC1CC2. The van der Waals surface area contributed by atoms with Crippen LogP contribution in [0.15, 0.2) is 24.3 Å². The maximum atomic E-state index is 12.4. The summed E-state index contributed by atoms with van der Waals surface area (Å²) >= 11 is 0. The van der Waals surface area contributed by atoms with Crippen LogP contribution in [-0.2, 0) is 15.8 Å². The van der Waals surface area contributed by atoms with Gasteiger partial charge in [-0.3, -0.25) is 0 Å². The van der Waals surface area contributed by atoms with Crippen molar-refractivity contribution in [3.63, 3.8) is 0 Å². The average Bonchev–Trinajstić information content (AvgIpc) is 2.48. The first kappa shape index (κ1) is 14.5. The number of fused-ring (bicyclic) bond motifs is 3. The summed E-state index contributed by atoms with van der Waals surface area (Å²) in [6.07, 6.45) is 2.14. The summed E-state index contributed by atoms with van der Waals surface area (Å²) in [5.74, 6) is 0.330. The Bertz CT molecular complexity index is 658. The van der Waals surface area contributed by atoms with Crippen molar-refractivity contribution in [3.05, 3.63) is 35.4 Å². The zero-order valence-electron chi connectivity index (χ0n) is 11.8. The highest BCUT2D eigenvalue weighted by Gasteiger charge is 2.36. The zero-order valence-corrected chi connectivity index (χ0v) is 12.6. The van der Waals surface area contributed by atoms with Gasteiger partial charge in [-0.1, -0.05) is 18.2 Å². The summed E-state index contributed by atoms with van der Waals surface area (Å²) in [5.41, 5.74) is 0.991. The Hall–Kier alpha value is -1.42. The van der Waals surface area contributed by atoms with Gasteiger partial charge in [-0.05, 0) is 43.5 Å². The van der Waals surface area contributed by atoms with Crippen LogP contribution >= 0.6 is 0 Å². The predicted molar refractivity (Wildman–Crippen MR) is 79.9 cm³/mol. The van der Waals surface area contributed by atoms with Gasteiger partial charge in [0.2, 0.25) is 10.0 Å². The normalized spacial score (nSPS) is 28.2. The molecule has 3 saturated heterocycles. The highest BCUT2D eigenvalue weighted by Crippen LogP contribution is 2.28. The van der Waals surface area contributed by atoms with Gasteiger partial charge in [0.25, 0.3) is 0 Å². The van der Waals surface area contributed by atoms with E-state index in [0.29, 0.717) is 17.0 Å². The standard InChI is InChI=1S/C15H19N3O2S/c16-9-13-3-1-2-4-14(13)11-21(19,20)17-15-10-18-7-5-12(15)6-8-18/h1-4,12,15,17H,5-8,10-11H2. The van der Waals surface area contributed by atoms with E-state index in [1.807, 2.05) is 6.07 Å². The molecule has 112 valence electrons. The Kier molecular flexibility index (Phi) is 3.98. The number of rotatable bonds is 4. The highest BCUT2D eigenvalue weighted by atomic mass is 32.2. The van der Waals surface area contributed by atoms with Crippen LogP contribution in [-0.4, -0.2) is 39.0 Å². The minimum atomic E-state index is -3.42. The molecule has 3 aliphatic heterocycles. The second kappa shape index (κ2) is 5.76. The molecule has 21 heavy (non-hydrogen) atoms. The lowest BCUT2D eigenvalue weighted by molar-refractivity contribution is 0.0827. The maximum Gasteiger partial charge on any atom is 0.216 e. The molecular weight excluding hydrogens is 286 g/mol. The first-order valence-corrected chi connectivity index (χ1v) is 8.93. The molecular formula is C15H19N3O2S. The second-order valence-electron chi connectivity index (χ2n) is 5.89. The Morgan fingerprint density at radius 2 is 2.00 bits per heavy atom. The van der Waals surface area contributed by atoms with E-state index in [0.717, 1.165) is 32.5 Å². The minimum Gasteiger partial charge on any atom is -0.302 e. The van der Waals surface area contributed by atoms with Crippen molar-refractivity contribution in [2.24, 2.45) is 5.92 Å². The Balaban J connectivity index is 1.71. The number of nitriles is 1. The Morgan fingerprint density at radius 3 is 2.62 bits per heavy atom. The minimum absolute atomic E-state index is 0.0201. The molecule has 4 rings (SSSR count). The largest absolute Gasteiger partial charge is 0.302 e. The number of hydrogen-bond donors (Lipinski definition) is 1. The third-order valence-electron chi connectivity index (χ3n) is 4.47. The van der Waals surface area contributed by atoms with Gasteiger partial charge in [0.15, 0.2) is 0 Å². The number of nitrogens with zero attached hydrogens (tertiary/aromatic N) is 2. The Morgan fingerprint density at radius 1 is 1.29 bits per heavy atom. The zero-order chi connectivity index (χ0) is 14.9. The molecule has 3 aliphatic rings. The van der Waals surface area contributed by atoms with Crippen molar-refractivity contribution in [3.8, 4) is 6.07 Å². The lowest BCUT2D eigenvalue weighted by Gasteiger charge is -2.44. The summed E-state index contributed by atoms with van der Waals surface area (Å²) in [7, 11) is -3.42. The molecule has 1 aromatic rings. The van der Waals surface area contributed by atoms with Gasteiger partial charge in [0, 0.05) is 12.6 Å². The second-order valence-corrected chi connectivity index (χ2v) is 7.64. The number of piperidine rings is 3. The highest BCUT2D eigenvalue weighted by molar-refractivity contribution is 7.88. The van der Waals surface area contributed by atoms with Gasteiger partial charge in [-0.2, -0.15) is 5.26 Å². The van der Waals surface area contributed by atoms with Gasteiger partial charge in [0.05, 0.1) is 17.4 Å². The molecule has 3 fully saturated rings. The molecule has 1 aromatic carbocycles. The van der Waals surface area contributed by atoms with Gasteiger partial charge in [-0.15, -0.1) is 0 Å². The van der Waals surface area contributed by atoms with Gasteiger partial charge < -0.3 is 4.90 Å². The van der Waals surface area contributed by atoms with Crippen LogP contribution in [0.5, 0.6) is 0 Å². The van der Waals surface area contributed by atoms with Crippen LogP contribution < -0.4 is 4.72 Å². The summed E-state index contributed by atoms with van der Waals surface area (Å²) in [6.45, 7) is 2.98. The van der Waals surface area contributed by atoms with Crippen LogP contribution in [0.1, 0.15) is 24.0 Å². The molecule has 0 aliphatic carbocycles. The van der Waals surface area contributed by atoms with E-state index in [1.54, 1.807) is 24.3 Å². The number of benzene rings is 1. The van der Waals surface area contributed by atoms with Crippen LogP contribution in [0, 0.1) is 17.2 Å². The molecule has 1 atom stereocenters. The van der Waals surface area contributed by atoms with E-state index in [1.165, 1.54) is 0 Å². The summed E-state index contributed by atoms with van der Waals surface area (Å²) in [6, 6.07) is 8.93. The van der Waals surface area contributed by atoms with Crippen LogP contribution in [0.2, 0.25) is 0 Å². The number of nitrogens with one attached hydrogen (secondary N) is 1. The molecule has 1 unspecified atom stereocenters. The third kappa shape index (κ3) is 3.26. The molecule has 1 N–H and O–H groups in total. The van der Waals surface area contributed by atoms with E-state index in [9.17, 15) is 8.42 Å². The van der Waals surface area contributed by atoms with Crippen molar-refractivity contribution >= 4 is 10.0 Å². The molecule has 0 radical (unpaired) electrons. The molecule has 0 amide bonds. The van der Waals surface area contributed by atoms with E-state index >= 15 is 0 Å². The van der Waals surface area contributed by atoms with Crippen molar-refractivity contribution in [2.75, 3.05) is 19.6 Å². The maximum absolute atomic E-state index is 12.4. The number of hydrogen-bond acceptors (Lipinski definition) is 4. The monoisotopic (exact) mass is 305 g/mol. The van der Waals surface area contributed by atoms with Crippen LogP contribution in [0.25, 0.3) is 0 Å². The molecule has 0 saturated carbocycles. The fraction of sp³-hybridized carbons (Fsp3) is 0.533. The van der Waals surface area contributed by atoms with E-state index in [2.05, 4.69) is 9.62 Å². The molecule has 2 bridgehead atoms. The quantitative estimate of drug-likeness (QED) is 0.903. The lowest BCUT2D eigenvalue weighted by Crippen LogP contribution is -2.57.